The molecule has 2 aliphatic rings. The summed E-state index contributed by atoms with van der Waals surface area (Å²) in [6.07, 6.45) is 1.94. The Hall–Kier alpha value is -2.21. The summed E-state index contributed by atoms with van der Waals surface area (Å²) in [5.41, 5.74) is 1.98. The van der Waals surface area contributed by atoms with Crippen LogP contribution in [0.5, 0.6) is 0 Å². The first-order valence-electron chi connectivity index (χ1n) is 10.1. The van der Waals surface area contributed by atoms with Crippen molar-refractivity contribution in [2.75, 3.05) is 26.3 Å². The monoisotopic (exact) mass is 381 g/mol. The first-order valence-corrected chi connectivity index (χ1v) is 10.1. The number of esters is 1. The quantitative estimate of drug-likeness (QED) is 0.744. The summed E-state index contributed by atoms with van der Waals surface area (Å²) in [6, 6.07) is 20.3. The Labute approximate surface area is 166 Å². The van der Waals surface area contributed by atoms with E-state index in [4.69, 9.17) is 14.2 Å². The molecule has 2 heterocycles. The van der Waals surface area contributed by atoms with Gasteiger partial charge in [0.15, 0.2) is 0 Å². The highest BCUT2D eigenvalue weighted by atomic mass is 16.7. The molecule has 148 valence electrons. The standard InChI is InChI=1S/C23H27NO4/c1-2-26-22(25)16-24-15-9-14-21-20(24)17-27-23(28-21,18-10-5-3-6-11-18)19-12-7-4-8-13-19/h3-8,10-13,20-21H,2,9,14-17H2,1H3. The molecule has 0 amide bonds. The fourth-order valence-electron chi connectivity index (χ4n) is 4.24. The number of nitrogens with zero attached hydrogens (tertiary/aromatic N) is 1. The summed E-state index contributed by atoms with van der Waals surface area (Å²) in [5.74, 6) is -1.11. The van der Waals surface area contributed by atoms with Gasteiger partial charge in [0.05, 0.1) is 31.9 Å². The van der Waals surface area contributed by atoms with E-state index in [1.54, 1.807) is 0 Å². The third-order valence-corrected chi connectivity index (χ3v) is 5.55. The lowest BCUT2D eigenvalue weighted by Gasteiger charge is -2.50. The Morgan fingerprint density at radius 2 is 1.75 bits per heavy atom. The van der Waals surface area contributed by atoms with E-state index in [-0.39, 0.29) is 24.7 Å². The predicted molar refractivity (Wildman–Crippen MR) is 106 cm³/mol. The SMILES string of the molecule is CCOC(=O)CN1CCCC2OC(c3ccccc3)(c3ccccc3)OCC21. The number of hydrogen-bond acceptors (Lipinski definition) is 5. The van der Waals surface area contributed by atoms with Gasteiger partial charge in [0.2, 0.25) is 5.79 Å². The highest BCUT2D eigenvalue weighted by Crippen LogP contribution is 2.42. The Bertz CT molecular complexity index is 740. The van der Waals surface area contributed by atoms with Crippen LogP contribution in [0, 0.1) is 0 Å². The predicted octanol–water partition coefficient (Wildman–Crippen LogP) is 3.33. The van der Waals surface area contributed by atoms with Gasteiger partial charge in [-0.2, -0.15) is 0 Å². The van der Waals surface area contributed by atoms with Crippen molar-refractivity contribution in [2.24, 2.45) is 0 Å². The van der Waals surface area contributed by atoms with Crippen molar-refractivity contribution in [1.29, 1.82) is 0 Å². The Morgan fingerprint density at radius 1 is 1.11 bits per heavy atom. The van der Waals surface area contributed by atoms with E-state index in [9.17, 15) is 4.79 Å². The number of carbonyl (C=O) groups is 1. The lowest BCUT2D eigenvalue weighted by Crippen LogP contribution is -2.60. The summed E-state index contributed by atoms with van der Waals surface area (Å²) in [6.45, 7) is 3.88. The molecule has 0 saturated carbocycles. The van der Waals surface area contributed by atoms with E-state index >= 15 is 0 Å². The summed E-state index contributed by atoms with van der Waals surface area (Å²) >= 11 is 0. The third-order valence-electron chi connectivity index (χ3n) is 5.55. The molecule has 2 unspecified atom stereocenters. The fourth-order valence-corrected chi connectivity index (χ4v) is 4.24. The molecule has 28 heavy (non-hydrogen) atoms. The van der Waals surface area contributed by atoms with E-state index in [1.165, 1.54) is 0 Å². The topological polar surface area (TPSA) is 48.0 Å². The smallest absolute Gasteiger partial charge is 0.320 e. The average molecular weight is 381 g/mol. The van der Waals surface area contributed by atoms with Crippen LogP contribution in [-0.2, 0) is 24.8 Å². The Kier molecular flexibility index (Phi) is 5.76. The average Bonchev–Trinajstić information content (AvgIpc) is 2.75. The summed E-state index contributed by atoms with van der Waals surface area (Å²) in [4.78, 5) is 14.2. The van der Waals surface area contributed by atoms with Crippen LogP contribution in [-0.4, -0.2) is 49.3 Å². The first-order chi connectivity index (χ1) is 13.7. The lowest BCUT2D eigenvalue weighted by molar-refractivity contribution is -0.305. The minimum absolute atomic E-state index is 0.00246. The van der Waals surface area contributed by atoms with Crippen LogP contribution in [0.2, 0.25) is 0 Å². The third kappa shape index (κ3) is 3.70. The van der Waals surface area contributed by atoms with E-state index in [0.29, 0.717) is 13.2 Å². The van der Waals surface area contributed by atoms with E-state index in [2.05, 4.69) is 4.90 Å². The van der Waals surface area contributed by atoms with Gasteiger partial charge in [0, 0.05) is 11.1 Å². The van der Waals surface area contributed by atoms with Crippen LogP contribution in [0.25, 0.3) is 0 Å². The molecule has 2 aromatic carbocycles. The molecule has 5 nitrogen and oxygen atoms in total. The molecular weight excluding hydrogens is 354 g/mol. The van der Waals surface area contributed by atoms with Crippen LogP contribution >= 0.6 is 0 Å². The van der Waals surface area contributed by atoms with Crippen molar-refractivity contribution in [3.05, 3.63) is 71.8 Å². The van der Waals surface area contributed by atoms with Crippen molar-refractivity contribution in [3.63, 3.8) is 0 Å². The molecule has 0 radical (unpaired) electrons. The molecule has 0 spiro atoms. The van der Waals surface area contributed by atoms with Crippen LogP contribution in [0.4, 0.5) is 0 Å². The van der Waals surface area contributed by atoms with Crippen LogP contribution in [0.3, 0.4) is 0 Å². The number of likely N-dealkylation sites (tertiary alicyclic amines) is 1. The van der Waals surface area contributed by atoms with Crippen LogP contribution in [0.1, 0.15) is 30.9 Å². The van der Waals surface area contributed by atoms with Gasteiger partial charge in [-0.15, -0.1) is 0 Å². The molecule has 0 bridgehead atoms. The number of fused-ring (bicyclic) bond motifs is 1. The molecule has 2 saturated heterocycles. The minimum Gasteiger partial charge on any atom is -0.465 e. The highest BCUT2D eigenvalue weighted by Gasteiger charge is 2.48. The molecular formula is C23H27NO4. The Balaban J connectivity index is 1.61. The first kappa shape index (κ1) is 19.1. The number of rotatable bonds is 5. The maximum Gasteiger partial charge on any atom is 0.320 e. The van der Waals surface area contributed by atoms with Gasteiger partial charge in [-0.25, -0.2) is 0 Å². The molecule has 2 fully saturated rings. The summed E-state index contributed by atoms with van der Waals surface area (Å²) in [5, 5.41) is 0. The van der Waals surface area contributed by atoms with Gasteiger partial charge in [-0.05, 0) is 26.3 Å². The fraction of sp³-hybridized carbons (Fsp3) is 0.435. The van der Waals surface area contributed by atoms with Gasteiger partial charge in [-0.1, -0.05) is 60.7 Å². The Morgan fingerprint density at radius 3 is 2.36 bits per heavy atom. The zero-order chi connectivity index (χ0) is 19.4. The van der Waals surface area contributed by atoms with E-state index < -0.39 is 5.79 Å². The second kappa shape index (κ2) is 8.43. The number of carbonyl (C=O) groups excluding carboxylic acids is 1. The van der Waals surface area contributed by atoms with Crippen LogP contribution in [0.15, 0.2) is 60.7 Å². The number of piperidine rings is 1. The van der Waals surface area contributed by atoms with Crippen molar-refractivity contribution < 1.29 is 19.0 Å². The molecule has 2 atom stereocenters. The summed E-state index contributed by atoms with van der Waals surface area (Å²) in [7, 11) is 0. The zero-order valence-electron chi connectivity index (χ0n) is 16.3. The number of hydrogen-bond donors (Lipinski definition) is 0. The second-order valence-electron chi connectivity index (χ2n) is 7.30. The normalized spacial score (nSPS) is 24.3. The van der Waals surface area contributed by atoms with Crippen molar-refractivity contribution in [3.8, 4) is 0 Å². The number of benzene rings is 2. The molecule has 0 N–H and O–H groups in total. The maximum atomic E-state index is 12.0. The number of ether oxygens (including phenoxy) is 3. The molecule has 5 heteroatoms. The largest absolute Gasteiger partial charge is 0.465 e. The van der Waals surface area contributed by atoms with Gasteiger partial charge >= 0.3 is 5.97 Å². The van der Waals surface area contributed by atoms with Crippen LogP contribution < -0.4 is 0 Å². The molecule has 4 rings (SSSR count). The lowest BCUT2D eigenvalue weighted by atomic mass is 9.92. The van der Waals surface area contributed by atoms with Crippen molar-refractivity contribution >= 4 is 5.97 Å². The molecule has 0 aliphatic carbocycles. The van der Waals surface area contributed by atoms with Gasteiger partial charge < -0.3 is 14.2 Å². The van der Waals surface area contributed by atoms with Crippen molar-refractivity contribution in [2.45, 2.75) is 37.7 Å². The van der Waals surface area contributed by atoms with Crippen molar-refractivity contribution in [1.82, 2.24) is 4.90 Å². The zero-order valence-corrected chi connectivity index (χ0v) is 16.3. The van der Waals surface area contributed by atoms with E-state index in [0.717, 1.165) is 30.5 Å². The van der Waals surface area contributed by atoms with Gasteiger partial charge in [0.25, 0.3) is 0 Å². The van der Waals surface area contributed by atoms with Gasteiger partial charge in [-0.3, -0.25) is 9.69 Å². The second-order valence-corrected chi connectivity index (χ2v) is 7.30. The molecule has 2 aliphatic heterocycles. The highest BCUT2D eigenvalue weighted by molar-refractivity contribution is 5.71. The van der Waals surface area contributed by atoms with E-state index in [1.807, 2.05) is 67.6 Å². The van der Waals surface area contributed by atoms with Gasteiger partial charge in [0.1, 0.15) is 0 Å². The molecule has 2 aromatic rings. The summed E-state index contributed by atoms with van der Waals surface area (Å²) < 4.78 is 18.3. The minimum atomic E-state index is -0.920. The maximum absolute atomic E-state index is 12.0. The molecule has 0 aromatic heterocycles.